The predicted octanol–water partition coefficient (Wildman–Crippen LogP) is 6.12. The van der Waals surface area contributed by atoms with Crippen LogP contribution in [0.5, 0.6) is 0 Å². The van der Waals surface area contributed by atoms with Gasteiger partial charge in [0.05, 0.1) is 18.5 Å². The molecule has 0 aliphatic heterocycles. The SMILES string of the molecule is Cc1ccc(-c2cn3c(CCN(Cc4ccco4)C(=O)C4CCCCC4)csc3n2)cc1. The lowest BCUT2D eigenvalue weighted by atomic mass is 9.88. The highest BCUT2D eigenvalue weighted by Crippen LogP contribution is 2.27. The van der Waals surface area contributed by atoms with Crippen molar-refractivity contribution in [1.82, 2.24) is 14.3 Å². The fourth-order valence-electron chi connectivity index (χ4n) is 4.59. The second-order valence-corrected chi connectivity index (χ2v) is 9.63. The van der Waals surface area contributed by atoms with Crippen LogP contribution in [0.2, 0.25) is 0 Å². The molecule has 4 aromatic rings. The van der Waals surface area contributed by atoms with Crippen LogP contribution in [0.1, 0.15) is 49.1 Å². The molecule has 5 rings (SSSR count). The highest BCUT2D eigenvalue weighted by Gasteiger charge is 2.26. The topological polar surface area (TPSA) is 50.8 Å². The van der Waals surface area contributed by atoms with Crippen molar-refractivity contribution in [3.05, 3.63) is 71.3 Å². The van der Waals surface area contributed by atoms with Crippen molar-refractivity contribution >= 4 is 22.2 Å². The van der Waals surface area contributed by atoms with Gasteiger partial charge in [-0.15, -0.1) is 11.3 Å². The summed E-state index contributed by atoms with van der Waals surface area (Å²) in [6, 6.07) is 12.3. The van der Waals surface area contributed by atoms with E-state index in [9.17, 15) is 4.79 Å². The summed E-state index contributed by atoms with van der Waals surface area (Å²) in [5.41, 5.74) is 4.56. The van der Waals surface area contributed by atoms with Crippen LogP contribution in [0.15, 0.2) is 58.7 Å². The van der Waals surface area contributed by atoms with Crippen LogP contribution in [0, 0.1) is 12.8 Å². The van der Waals surface area contributed by atoms with Crippen molar-refractivity contribution < 1.29 is 9.21 Å². The van der Waals surface area contributed by atoms with Gasteiger partial charge in [-0.05, 0) is 31.9 Å². The maximum absolute atomic E-state index is 13.3. The number of nitrogens with zero attached hydrogens (tertiary/aromatic N) is 3. The molecule has 0 bridgehead atoms. The summed E-state index contributed by atoms with van der Waals surface area (Å²) in [5.74, 6) is 1.27. The van der Waals surface area contributed by atoms with Gasteiger partial charge >= 0.3 is 0 Å². The number of benzene rings is 1. The van der Waals surface area contributed by atoms with Gasteiger partial charge in [-0.25, -0.2) is 4.98 Å². The van der Waals surface area contributed by atoms with Gasteiger partial charge in [0.15, 0.2) is 4.96 Å². The van der Waals surface area contributed by atoms with E-state index in [1.165, 1.54) is 17.7 Å². The molecule has 1 saturated carbocycles. The van der Waals surface area contributed by atoms with Gasteiger partial charge in [-0.3, -0.25) is 9.20 Å². The summed E-state index contributed by atoms with van der Waals surface area (Å²) < 4.78 is 7.74. The van der Waals surface area contributed by atoms with Gasteiger partial charge in [0, 0.05) is 41.7 Å². The predicted molar refractivity (Wildman–Crippen MR) is 128 cm³/mol. The third kappa shape index (κ3) is 4.51. The van der Waals surface area contributed by atoms with Crippen LogP contribution in [0.3, 0.4) is 0 Å². The molecule has 6 heteroatoms. The Kier molecular flexibility index (Phi) is 6.12. The van der Waals surface area contributed by atoms with E-state index in [0.717, 1.165) is 54.1 Å². The van der Waals surface area contributed by atoms with E-state index in [1.54, 1.807) is 17.6 Å². The van der Waals surface area contributed by atoms with Crippen molar-refractivity contribution in [3.8, 4) is 11.3 Å². The molecule has 1 fully saturated rings. The zero-order valence-corrected chi connectivity index (χ0v) is 19.3. The Morgan fingerprint density at radius 3 is 2.75 bits per heavy atom. The second-order valence-electron chi connectivity index (χ2n) is 8.80. The number of furan rings is 1. The third-order valence-corrected chi connectivity index (χ3v) is 7.35. The quantitative estimate of drug-likeness (QED) is 0.343. The number of carbonyl (C=O) groups is 1. The lowest BCUT2D eigenvalue weighted by Gasteiger charge is -2.29. The molecule has 5 nitrogen and oxygen atoms in total. The summed E-state index contributed by atoms with van der Waals surface area (Å²) in [5, 5.41) is 2.16. The Bertz CT molecular complexity index is 1170. The highest BCUT2D eigenvalue weighted by molar-refractivity contribution is 7.15. The molecule has 0 spiro atoms. The maximum atomic E-state index is 13.3. The lowest BCUT2D eigenvalue weighted by Crippen LogP contribution is -2.38. The van der Waals surface area contributed by atoms with E-state index in [2.05, 4.69) is 47.2 Å². The normalized spacial score (nSPS) is 14.8. The lowest BCUT2D eigenvalue weighted by molar-refractivity contribution is -0.137. The zero-order valence-electron chi connectivity index (χ0n) is 18.5. The van der Waals surface area contributed by atoms with Crippen molar-refractivity contribution in [2.75, 3.05) is 6.54 Å². The van der Waals surface area contributed by atoms with Crippen LogP contribution in [0.4, 0.5) is 0 Å². The molecule has 0 saturated heterocycles. The number of rotatable bonds is 7. The fraction of sp³-hybridized carbons (Fsp3) is 0.385. The van der Waals surface area contributed by atoms with E-state index in [-0.39, 0.29) is 11.8 Å². The van der Waals surface area contributed by atoms with E-state index >= 15 is 0 Å². The van der Waals surface area contributed by atoms with E-state index in [0.29, 0.717) is 13.1 Å². The Hall–Kier alpha value is -2.86. The Morgan fingerprint density at radius 2 is 2.00 bits per heavy atom. The molecule has 3 heterocycles. The molecule has 1 amide bonds. The minimum absolute atomic E-state index is 0.155. The number of amides is 1. The number of aromatic nitrogens is 2. The summed E-state index contributed by atoms with van der Waals surface area (Å²) >= 11 is 1.66. The number of carbonyl (C=O) groups excluding carboxylic acids is 1. The molecule has 0 atom stereocenters. The third-order valence-electron chi connectivity index (χ3n) is 6.46. The first-order valence-corrected chi connectivity index (χ1v) is 12.4. The molecule has 166 valence electrons. The number of imidazole rings is 1. The molecule has 0 N–H and O–H groups in total. The first-order chi connectivity index (χ1) is 15.7. The molecule has 1 aromatic carbocycles. The van der Waals surface area contributed by atoms with Gasteiger partial charge in [-0.2, -0.15) is 0 Å². The minimum atomic E-state index is 0.155. The van der Waals surface area contributed by atoms with Crippen LogP contribution < -0.4 is 0 Å². The summed E-state index contributed by atoms with van der Waals surface area (Å²) in [4.78, 5) is 21.1. The van der Waals surface area contributed by atoms with Crippen molar-refractivity contribution in [1.29, 1.82) is 0 Å². The zero-order chi connectivity index (χ0) is 21.9. The number of fused-ring (bicyclic) bond motifs is 1. The molecule has 1 aliphatic rings. The van der Waals surface area contributed by atoms with Crippen LogP contribution in [-0.4, -0.2) is 26.7 Å². The Morgan fingerprint density at radius 1 is 1.19 bits per heavy atom. The highest BCUT2D eigenvalue weighted by atomic mass is 32.1. The van der Waals surface area contributed by atoms with Crippen LogP contribution in [0.25, 0.3) is 16.2 Å². The van der Waals surface area contributed by atoms with Crippen LogP contribution in [-0.2, 0) is 17.8 Å². The van der Waals surface area contributed by atoms with E-state index in [4.69, 9.17) is 9.40 Å². The van der Waals surface area contributed by atoms with E-state index in [1.807, 2.05) is 17.0 Å². The summed E-state index contributed by atoms with van der Waals surface area (Å²) in [6.45, 7) is 3.31. The fourth-order valence-corrected chi connectivity index (χ4v) is 5.49. The largest absolute Gasteiger partial charge is 0.467 e. The molecule has 1 aliphatic carbocycles. The minimum Gasteiger partial charge on any atom is -0.467 e. The first-order valence-electron chi connectivity index (χ1n) is 11.5. The standard InChI is InChI=1S/C26H29N3O2S/c1-19-9-11-20(12-10-19)24-17-29-22(18-32-26(29)27-24)13-14-28(16-23-8-5-15-31-23)25(30)21-6-3-2-4-7-21/h5,8-12,15,17-18,21H,2-4,6-7,13-14,16H2,1H3. The smallest absolute Gasteiger partial charge is 0.226 e. The molecule has 32 heavy (non-hydrogen) atoms. The average Bonchev–Trinajstić information content (AvgIpc) is 3.56. The first kappa shape index (κ1) is 21.0. The van der Waals surface area contributed by atoms with Crippen LogP contribution >= 0.6 is 11.3 Å². The summed E-state index contributed by atoms with van der Waals surface area (Å²) in [6.07, 6.45) is 10.2. The van der Waals surface area contributed by atoms with Crippen molar-refractivity contribution in [2.24, 2.45) is 5.92 Å². The van der Waals surface area contributed by atoms with E-state index < -0.39 is 0 Å². The van der Waals surface area contributed by atoms with Crippen molar-refractivity contribution in [3.63, 3.8) is 0 Å². The second kappa shape index (κ2) is 9.33. The van der Waals surface area contributed by atoms with Gasteiger partial charge in [0.2, 0.25) is 5.91 Å². The maximum Gasteiger partial charge on any atom is 0.226 e. The molecular formula is C26H29N3O2S. The monoisotopic (exact) mass is 447 g/mol. The summed E-state index contributed by atoms with van der Waals surface area (Å²) in [7, 11) is 0. The Balaban J connectivity index is 1.33. The molecule has 0 unspecified atom stereocenters. The van der Waals surface area contributed by atoms with Gasteiger partial charge < -0.3 is 9.32 Å². The Labute approximate surface area is 192 Å². The molecular weight excluding hydrogens is 418 g/mol. The number of thiazole rings is 1. The molecule has 0 radical (unpaired) electrons. The molecule has 3 aromatic heterocycles. The van der Waals surface area contributed by atoms with Gasteiger partial charge in [-0.1, -0.05) is 49.1 Å². The number of hydrogen-bond donors (Lipinski definition) is 0. The van der Waals surface area contributed by atoms with Gasteiger partial charge in [0.1, 0.15) is 5.76 Å². The number of aryl methyl sites for hydroxylation is 1. The van der Waals surface area contributed by atoms with Gasteiger partial charge in [0.25, 0.3) is 0 Å². The van der Waals surface area contributed by atoms with Crippen molar-refractivity contribution in [2.45, 2.75) is 52.0 Å². The average molecular weight is 448 g/mol. The number of hydrogen-bond acceptors (Lipinski definition) is 4.